The maximum atomic E-state index is 13.2. The van der Waals surface area contributed by atoms with E-state index in [9.17, 15) is 4.79 Å². The Morgan fingerprint density at radius 1 is 1.19 bits per heavy atom. The second kappa shape index (κ2) is 10.3. The number of morpholine rings is 1. The molecule has 0 saturated carbocycles. The number of para-hydroxylation sites is 1. The summed E-state index contributed by atoms with van der Waals surface area (Å²) in [4.78, 5) is 15.5. The average Bonchev–Trinajstić information content (AvgIpc) is 3.19. The SMILES string of the molecule is COc1cccc2c(C(=O)NC(C)Cc3ccc(Cl)cc3)nn(CCN3CCOCC3)c12. The van der Waals surface area contributed by atoms with Gasteiger partial charge in [0.15, 0.2) is 5.69 Å². The van der Waals surface area contributed by atoms with Gasteiger partial charge in [-0.2, -0.15) is 5.10 Å². The predicted octanol–water partition coefficient (Wildman–Crippen LogP) is 3.39. The Morgan fingerprint density at radius 3 is 2.66 bits per heavy atom. The first-order valence-corrected chi connectivity index (χ1v) is 11.3. The third-order valence-corrected chi connectivity index (χ3v) is 5.98. The zero-order chi connectivity index (χ0) is 22.5. The lowest BCUT2D eigenvalue weighted by atomic mass is 10.1. The quantitative estimate of drug-likeness (QED) is 0.562. The Hall–Kier alpha value is -2.61. The Bertz CT molecular complexity index is 1060. The topological polar surface area (TPSA) is 68.6 Å². The lowest BCUT2D eigenvalue weighted by Gasteiger charge is -2.26. The Balaban J connectivity index is 1.53. The Labute approximate surface area is 193 Å². The standard InChI is InChI=1S/C24H29ClN4O3/c1-17(16-18-6-8-19(25)9-7-18)26-24(30)22-20-4-3-5-21(31-2)23(20)29(27-22)11-10-28-12-14-32-15-13-28/h3-9,17H,10-16H2,1-2H3,(H,26,30). The monoisotopic (exact) mass is 456 g/mol. The maximum absolute atomic E-state index is 13.2. The van der Waals surface area contributed by atoms with Crippen molar-refractivity contribution in [3.63, 3.8) is 0 Å². The number of carbonyl (C=O) groups excluding carboxylic acids is 1. The molecule has 4 rings (SSSR count). The van der Waals surface area contributed by atoms with Gasteiger partial charge in [0.2, 0.25) is 0 Å². The highest BCUT2D eigenvalue weighted by Gasteiger charge is 2.22. The fourth-order valence-electron chi connectivity index (χ4n) is 4.08. The maximum Gasteiger partial charge on any atom is 0.272 e. The summed E-state index contributed by atoms with van der Waals surface area (Å²) in [6.07, 6.45) is 0.710. The summed E-state index contributed by atoms with van der Waals surface area (Å²) in [5.41, 5.74) is 2.38. The number of nitrogens with one attached hydrogen (secondary N) is 1. The summed E-state index contributed by atoms with van der Waals surface area (Å²) in [5.74, 6) is 0.528. The van der Waals surface area contributed by atoms with Gasteiger partial charge in [0.1, 0.15) is 11.3 Å². The van der Waals surface area contributed by atoms with E-state index in [0.717, 1.165) is 49.3 Å². The van der Waals surface area contributed by atoms with Gasteiger partial charge in [0.25, 0.3) is 5.91 Å². The summed E-state index contributed by atoms with van der Waals surface area (Å²) in [7, 11) is 1.64. The molecule has 32 heavy (non-hydrogen) atoms. The van der Waals surface area contributed by atoms with Crippen LogP contribution in [-0.4, -0.2) is 66.6 Å². The van der Waals surface area contributed by atoms with Crippen LogP contribution in [0.2, 0.25) is 5.02 Å². The van der Waals surface area contributed by atoms with Gasteiger partial charge in [0, 0.05) is 36.1 Å². The molecule has 1 fully saturated rings. The van der Waals surface area contributed by atoms with Crippen molar-refractivity contribution in [1.82, 2.24) is 20.0 Å². The molecule has 2 heterocycles. The van der Waals surface area contributed by atoms with Crippen molar-refractivity contribution in [3.8, 4) is 5.75 Å². The third kappa shape index (κ3) is 5.23. The minimum absolute atomic E-state index is 0.0529. The van der Waals surface area contributed by atoms with Gasteiger partial charge < -0.3 is 14.8 Å². The first-order valence-electron chi connectivity index (χ1n) is 10.9. The van der Waals surface area contributed by atoms with Gasteiger partial charge in [-0.15, -0.1) is 0 Å². The van der Waals surface area contributed by atoms with E-state index in [1.54, 1.807) is 7.11 Å². The van der Waals surface area contributed by atoms with E-state index in [0.29, 0.717) is 29.4 Å². The zero-order valence-corrected chi connectivity index (χ0v) is 19.3. The van der Waals surface area contributed by atoms with E-state index in [2.05, 4.69) is 10.2 Å². The lowest BCUT2D eigenvalue weighted by Crippen LogP contribution is -2.38. The molecule has 1 atom stereocenters. The molecule has 1 unspecified atom stereocenters. The van der Waals surface area contributed by atoms with Gasteiger partial charge in [-0.3, -0.25) is 14.4 Å². The number of hydrogen-bond donors (Lipinski definition) is 1. The fourth-order valence-corrected chi connectivity index (χ4v) is 4.20. The summed E-state index contributed by atoms with van der Waals surface area (Å²) in [6, 6.07) is 13.3. The van der Waals surface area contributed by atoms with Crippen LogP contribution in [0.4, 0.5) is 0 Å². The zero-order valence-electron chi connectivity index (χ0n) is 18.5. The second-order valence-electron chi connectivity index (χ2n) is 8.09. The van der Waals surface area contributed by atoms with Crippen LogP contribution < -0.4 is 10.1 Å². The van der Waals surface area contributed by atoms with Crippen LogP contribution in [0.25, 0.3) is 10.9 Å². The molecular formula is C24H29ClN4O3. The number of aromatic nitrogens is 2. The number of fused-ring (bicyclic) bond motifs is 1. The summed E-state index contributed by atoms with van der Waals surface area (Å²) in [5, 5.41) is 9.29. The van der Waals surface area contributed by atoms with Crippen molar-refractivity contribution in [2.45, 2.75) is 25.9 Å². The first-order chi connectivity index (χ1) is 15.5. The molecule has 0 radical (unpaired) electrons. The van der Waals surface area contributed by atoms with Crippen LogP contribution >= 0.6 is 11.6 Å². The lowest BCUT2D eigenvalue weighted by molar-refractivity contribution is 0.0361. The molecule has 1 aromatic heterocycles. The van der Waals surface area contributed by atoms with E-state index in [4.69, 9.17) is 26.2 Å². The number of rotatable bonds is 8. The number of halogens is 1. The number of carbonyl (C=O) groups is 1. The second-order valence-corrected chi connectivity index (χ2v) is 8.52. The van der Waals surface area contributed by atoms with Crippen molar-refractivity contribution in [1.29, 1.82) is 0 Å². The largest absolute Gasteiger partial charge is 0.494 e. The normalized spacial score (nSPS) is 15.6. The number of benzene rings is 2. The number of methoxy groups -OCH3 is 1. The highest BCUT2D eigenvalue weighted by Crippen LogP contribution is 2.28. The van der Waals surface area contributed by atoms with E-state index in [1.807, 2.05) is 54.1 Å². The van der Waals surface area contributed by atoms with E-state index in [1.165, 1.54) is 0 Å². The van der Waals surface area contributed by atoms with E-state index < -0.39 is 0 Å². The fraction of sp³-hybridized carbons (Fsp3) is 0.417. The van der Waals surface area contributed by atoms with Crippen molar-refractivity contribution in [2.24, 2.45) is 0 Å². The summed E-state index contributed by atoms with van der Waals surface area (Å²) < 4.78 is 12.9. The van der Waals surface area contributed by atoms with Crippen molar-refractivity contribution in [2.75, 3.05) is 40.0 Å². The predicted molar refractivity (Wildman–Crippen MR) is 126 cm³/mol. The number of hydrogen-bond acceptors (Lipinski definition) is 5. The van der Waals surface area contributed by atoms with Gasteiger partial charge in [-0.05, 0) is 37.1 Å². The van der Waals surface area contributed by atoms with Gasteiger partial charge in [0.05, 0.1) is 26.9 Å². The van der Waals surface area contributed by atoms with Crippen LogP contribution in [-0.2, 0) is 17.7 Å². The van der Waals surface area contributed by atoms with E-state index >= 15 is 0 Å². The number of nitrogens with zero attached hydrogens (tertiary/aromatic N) is 3. The Kier molecular flexibility index (Phi) is 7.29. The molecule has 1 N–H and O–H groups in total. The highest BCUT2D eigenvalue weighted by molar-refractivity contribution is 6.30. The molecule has 0 spiro atoms. The molecular weight excluding hydrogens is 428 g/mol. The molecule has 2 aromatic carbocycles. The molecule has 3 aromatic rings. The Morgan fingerprint density at radius 2 is 1.94 bits per heavy atom. The van der Waals surface area contributed by atoms with Crippen molar-refractivity contribution >= 4 is 28.4 Å². The molecule has 170 valence electrons. The average molecular weight is 457 g/mol. The van der Waals surface area contributed by atoms with Crippen molar-refractivity contribution in [3.05, 3.63) is 58.7 Å². The van der Waals surface area contributed by atoms with Crippen LogP contribution in [0.5, 0.6) is 5.75 Å². The van der Waals surface area contributed by atoms with Gasteiger partial charge in [-0.1, -0.05) is 35.9 Å². The number of ether oxygens (including phenoxy) is 2. The van der Waals surface area contributed by atoms with Crippen LogP contribution in [0, 0.1) is 0 Å². The summed E-state index contributed by atoms with van der Waals surface area (Å²) >= 11 is 5.97. The highest BCUT2D eigenvalue weighted by atomic mass is 35.5. The molecule has 0 bridgehead atoms. The van der Waals surface area contributed by atoms with Crippen LogP contribution in [0.3, 0.4) is 0 Å². The summed E-state index contributed by atoms with van der Waals surface area (Å²) in [6.45, 7) is 6.82. The van der Waals surface area contributed by atoms with Gasteiger partial charge >= 0.3 is 0 Å². The minimum atomic E-state index is -0.185. The molecule has 8 heteroatoms. The molecule has 0 aliphatic carbocycles. The van der Waals surface area contributed by atoms with Crippen molar-refractivity contribution < 1.29 is 14.3 Å². The smallest absolute Gasteiger partial charge is 0.272 e. The van der Waals surface area contributed by atoms with Crippen LogP contribution in [0.15, 0.2) is 42.5 Å². The van der Waals surface area contributed by atoms with Gasteiger partial charge in [-0.25, -0.2) is 0 Å². The first kappa shape index (κ1) is 22.6. The minimum Gasteiger partial charge on any atom is -0.494 e. The molecule has 1 amide bonds. The molecule has 1 saturated heterocycles. The molecule has 7 nitrogen and oxygen atoms in total. The third-order valence-electron chi connectivity index (χ3n) is 5.73. The number of amides is 1. The van der Waals surface area contributed by atoms with Crippen LogP contribution in [0.1, 0.15) is 23.0 Å². The van der Waals surface area contributed by atoms with E-state index in [-0.39, 0.29) is 11.9 Å². The molecule has 1 aliphatic heterocycles. The molecule has 1 aliphatic rings.